The fourth-order valence-electron chi connectivity index (χ4n) is 4.09. The maximum atomic E-state index is 6.44. The van der Waals surface area contributed by atoms with Crippen LogP contribution in [0.1, 0.15) is 38.5 Å². The fraction of sp³-hybridized carbons (Fsp3) is 0.526. The molecule has 5 rings (SSSR count). The van der Waals surface area contributed by atoms with E-state index in [-0.39, 0.29) is 5.54 Å². The number of aromatic nitrogens is 2. The topological polar surface area (TPSA) is 53.1 Å². The maximum absolute atomic E-state index is 6.44. The van der Waals surface area contributed by atoms with E-state index < -0.39 is 0 Å². The molecule has 24 heavy (non-hydrogen) atoms. The van der Waals surface area contributed by atoms with Crippen LogP contribution in [-0.2, 0) is 7.05 Å². The van der Waals surface area contributed by atoms with Crippen LogP contribution in [0.25, 0.3) is 11.3 Å². The summed E-state index contributed by atoms with van der Waals surface area (Å²) in [6.45, 7) is 0.742. The molecule has 1 aromatic heterocycles. The molecule has 3 fully saturated rings. The van der Waals surface area contributed by atoms with Gasteiger partial charge in [-0.15, -0.1) is 0 Å². The SMILES string of the molecule is Cn1ccc(-c2ccc(OCC34CCC(N)(CC3)CC4)c(Cl)c2)n1. The van der Waals surface area contributed by atoms with E-state index in [1.54, 1.807) is 4.68 Å². The van der Waals surface area contributed by atoms with Crippen LogP contribution >= 0.6 is 11.6 Å². The average Bonchev–Trinajstić information content (AvgIpc) is 3.02. The minimum absolute atomic E-state index is 0.101. The van der Waals surface area contributed by atoms with Gasteiger partial charge in [-0.05, 0) is 62.8 Å². The Morgan fingerprint density at radius 2 is 1.88 bits per heavy atom. The number of benzene rings is 1. The largest absolute Gasteiger partial charge is 0.491 e. The highest BCUT2D eigenvalue weighted by atomic mass is 35.5. The van der Waals surface area contributed by atoms with Crippen LogP contribution in [0.5, 0.6) is 5.75 Å². The molecule has 0 saturated heterocycles. The van der Waals surface area contributed by atoms with Gasteiger partial charge in [0.05, 0.1) is 17.3 Å². The summed E-state index contributed by atoms with van der Waals surface area (Å²) >= 11 is 6.44. The molecule has 0 aliphatic heterocycles. The fourth-order valence-corrected chi connectivity index (χ4v) is 4.32. The van der Waals surface area contributed by atoms with Crippen molar-refractivity contribution in [3.8, 4) is 17.0 Å². The zero-order chi connectivity index (χ0) is 16.8. The lowest BCUT2D eigenvalue weighted by molar-refractivity contribution is 0.00535. The van der Waals surface area contributed by atoms with Crippen molar-refractivity contribution in [1.29, 1.82) is 0 Å². The smallest absolute Gasteiger partial charge is 0.137 e. The normalized spacial score (nSPS) is 29.0. The highest BCUT2D eigenvalue weighted by Gasteiger charge is 2.47. The van der Waals surface area contributed by atoms with Crippen LogP contribution in [0.2, 0.25) is 5.02 Å². The van der Waals surface area contributed by atoms with Gasteiger partial charge in [-0.3, -0.25) is 4.68 Å². The molecule has 128 valence electrons. The molecule has 0 amide bonds. The van der Waals surface area contributed by atoms with Gasteiger partial charge in [0.2, 0.25) is 0 Å². The number of ether oxygens (including phenoxy) is 1. The zero-order valence-corrected chi connectivity index (χ0v) is 14.9. The number of hydrogen-bond acceptors (Lipinski definition) is 3. The summed E-state index contributed by atoms with van der Waals surface area (Å²) in [6, 6.07) is 7.90. The van der Waals surface area contributed by atoms with Crippen LogP contribution in [0.3, 0.4) is 0 Å². The molecule has 3 aliphatic carbocycles. The standard InChI is InChI=1S/C19H24ClN3O/c1-23-11-4-16(22-23)14-2-3-17(15(20)12-14)24-13-18-5-8-19(21,9-6-18)10-7-18/h2-4,11-12H,5-10,13,21H2,1H3. The predicted molar refractivity (Wildman–Crippen MR) is 96.2 cm³/mol. The first-order chi connectivity index (χ1) is 11.5. The first kappa shape index (κ1) is 16.0. The molecule has 2 bridgehead atoms. The van der Waals surface area contributed by atoms with Crippen LogP contribution < -0.4 is 10.5 Å². The Bertz CT molecular complexity index is 730. The van der Waals surface area contributed by atoms with Crippen molar-refractivity contribution < 1.29 is 4.74 Å². The first-order valence-electron chi connectivity index (χ1n) is 8.68. The molecule has 0 radical (unpaired) electrons. The number of halogens is 1. The summed E-state index contributed by atoms with van der Waals surface area (Å²) < 4.78 is 7.91. The quantitative estimate of drug-likeness (QED) is 0.904. The van der Waals surface area contributed by atoms with Crippen molar-refractivity contribution >= 4 is 11.6 Å². The van der Waals surface area contributed by atoms with Gasteiger partial charge in [-0.25, -0.2) is 0 Å². The van der Waals surface area contributed by atoms with E-state index in [1.807, 2.05) is 37.5 Å². The molecule has 3 saturated carbocycles. The Morgan fingerprint density at radius 3 is 2.46 bits per heavy atom. The Hall–Kier alpha value is -1.52. The lowest BCUT2D eigenvalue weighted by Crippen LogP contribution is -2.53. The summed E-state index contributed by atoms with van der Waals surface area (Å²) in [7, 11) is 1.91. The van der Waals surface area contributed by atoms with Gasteiger partial charge in [0.1, 0.15) is 5.75 Å². The third-order valence-corrected chi connectivity index (χ3v) is 6.23. The lowest BCUT2D eigenvalue weighted by atomic mass is 9.58. The molecule has 2 aromatic rings. The second-order valence-electron chi connectivity index (χ2n) is 7.67. The van der Waals surface area contributed by atoms with E-state index in [0.717, 1.165) is 42.9 Å². The predicted octanol–water partition coefficient (Wildman–Crippen LogP) is 4.17. The van der Waals surface area contributed by atoms with Gasteiger partial charge < -0.3 is 10.5 Å². The van der Waals surface area contributed by atoms with Crippen LogP contribution in [-0.4, -0.2) is 21.9 Å². The summed E-state index contributed by atoms with van der Waals surface area (Å²) in [5, 5.41) is 5.06. The minimum Gasteiger partial charge on any atom is -0.491 e. The average molecular weight is 346 g/mol. The van der Waals surface area contributed by atoms with Crippen LogP contribution in [0.4, 0.5) is 0 Å². The second-order valence-corrected chi connectivity index (χ2v) is 8.08. The van der Waals surface area contributed by atoms with Crippen molar-refractivity contribution in [2.24, 2.45) is 18.2 Å². The number of fused-ring (bicyclic) bond motifs is 3. The van der Waals surface area contributed by atoms with Crippen LogP contribution in [0.15, 0.2) is 30.5 Å². The van der Waals surface area contributed by atoms with Gasteiger partial charge in [0, 0.05) is 29.8 Å². The van der Waals surface area contributed by atoms with E-state index in [1.165, 1.54) is 19.3 Å². The molecule has 4 nitrogen and oxygen atoms in total. The molecule has 2 N–H and O–H groups in total. The molecule has 5 heteroatoms. The van der Waals surface area contributed by atoms with E-state index in [2.05, 4.69) is 5.10 Å². The second kappa shape index (κ2) is 5.78. The molecule has 1 aromatic carbocycles. The van der Waals surface area contributed by atoms with Crippen molar-refractivity contribution in [3.63, 3.8) is 0 Å². The molecular weight excluding hydrogens is 322 g/mol. The van der Waals surface area contributed by atoms with Crippen molar-refractivity contribution in [2.75, 3.05) is 6.61 Å². The minimum atomic E-state index is 0.101. The monoisotopic (exact) mass is 345 g/mol. The molecule has 0 atom stereocenters. The van der Waals surface area contributed by atoms with Gasteiger partial charge in [0.25, 0.3) is 0 Å². The number of hydrogen-bond donors (Lipinski definition) is 1. The summed E-state index contributed by atoms with van der Waals surface area (Å²) in [6.07, 6.45) is 8.83. The Morgan fingerprint density at radius 1 is 1.17 bits per heavy atom. The lowest BCUT2D eigenvalue weighted by Gasteiger charge is -2.51. The van der Waals surface area contributed by atoms with Gasteiger partial charge in [-0.2, -0.15) is 5.10 Å². The Kier molecular flexibility index (Phi) is 3.85. The highest BCUT2D eigenvalue weighted by Crippen LogP contribution is 2.51. The summed E-state index contributed by atoms with van der Waals surface area (Å²) in [5.74, 6) is 0.765. The van der Waals surface area contributed by atoms with Crippen molar-refractivity contribution in [1.82, 2.24) is 9.78 Å². The van der Waals surface area contributed by atoms with Crippen LogP contribution in [0, 0.1) is 5.41 Å². The van der Waals surface area contributed by atoms with Crippen molar-refractivity contribution in [3.05, 3.63) is 35.5 Å². The summed E-state index contributed by atoms with van der Waals surface area (Å²) in [4.78, 5) is 0. The van der Waals surface area contributed by atoms with E-state index in [9.17, 15) is 0 Å². The first-order valence-corrected chi connectivity index (χ1v) is 9.06. The number of nitrogens with zero attached hydrogens (tertiary/aromatic N) is 2. The number of rotatable bonds is 4. The third kappa shape index (κ3) is 2.93. The van der Waals surface area contributed by atoms with Gasteiger partial charge >= 0.3 is 0 Å². The molecule has 3 aliphatic rings. The van der Waals surface area contributed by atoms with E-state index in [0.29, 0.717) is 10.4 Å². The molecule has 0 unspecified atom stereocenters. The molecular formula is C19H24ClN3O. The maximum Gasteiger partial charge on any atom is 0.137 e. The van der Waals surface area contributed by atoms with Gasteiger partial charge in [-0.1, -0.05) is 11.6 Å². The third-order valence-electron chi connectivity index (χ3n) is 5.93. The molecule has 0 spiro atoms. The van der Waals surface area contributed by atoms with Gasteiger partial charge in [0.15, 0.2) is 0 Å². The Labute approximate surface area is 147 Å². The number of nitrogens with two attached hydrogens (primary N) is 1. The zero-order valence-electron chi connectivity index (χ0n) is 14.1. The highest BCUT2D eigenvalue weighted by molar-refractivity contribution is 6.32. The Balaban J connectivity index is 1.46. The van der Waals surface area contributed by atoms with E-state index in [4.69, 9.17) is 22.1 Å². The van der Waals surface area contributed by atoms with E-state index >= 15 is 0 Å². The van der Waals surface area contributed by atoms with Crippen molar-refractivity contribution in [2.45, 2.75) is 44.1 Å². The summed E-state index contributed by atoms with van der Waals surface area (Å²) in [5.41, 5.74) is 8.72. The molecule has 1 heterocycles. The number of aryl methyl sites for hydroxylation is 1.